The summed E-state index contributed by atoms with van der Waals surface area (Å²) in [6, 6.07) is 14.0. The van der Waals surface area contributed by atoms with Gasteiger partial charge in [-0.15, -0.1) is 10.2 Å². The van der Waals surface area contributed by atoms with Crippen LogP contribution in [0.4, 0.5) is 0 Å². The van der Waals surface area contributed by atoms with Crippen molar-refractivity contribution >= 4 is 5.91 Å². The van der Waals surface area contributed by atoms with Gasteiger partial charge in [-0.2, -0.15) is 4.80 Å². The second kappa shape index (κ2) is 8.07. The monoisotopic (exact) mass is 362 g/mol. The summed E-state index contributed by atoms with van der Waals surface area (Å²) in [6.45, 7) is 1.38. The quantitative estimate of drug-likeness (QED) is 0.673. The molecule has 1 atom stereocenters. The van der Waals surface area contributed by atoms with Gasteiger partial charge in [0.15, 0.2) is 0 Å². The lowest BCUT2D eigenvalue weighted by Crippen LogP contribution is -2.38. The molecule has 4 rings (SSSR count). The zero-order valence-corrected chi connectivity index (χ0v) is 15.1. The van der Waals surface area contributed by atoms with Crippen LogP contribution < -0.4 is 0 Å². The molecule has 0 bridgehead atoms. The van der Waals surface area contributed by atoms with Crippen molar-refractivity contribution in [2.24, 2.45) is 0 Å². The lowest BCUT2D eigenvalue weighted by molar-refractivity contribution is -0.132. The van der Waals surface area contributed by atoms with E-state index in [0.717, 1.165) is 31.4 Å². The minimum Gasteiger partial charge on any atom is -0.338 e. The van der Waals surface area contributed by atoms with Crippen LogP contribution in [-0.2, 0) is 17.8 Å². The van der Waals surface area contributed by atoms with Crippen molar-refractivity contribution in [3.63, 3.8) is 0 Å². The number of hydrogen-bond acceptors (Lipinski definition) is 5. The highest BCUT2D eigenvalue weighted by atomic mass is 16.2. The number of tetrazole rings is 1. The van der Waals surface area contributed by atoms with Gasteiger partial charge in [-0.05, 0) is 42.2 Å². The molecule has 0 spiro atoms. The molecule has 3 aromatic rings. The Morgan fingerprint density at radius 1 is 1.15 bits per heavy atom. The number of likely N-dealkylation sites (tertiary alicyclic amines) is 1. The number of carbonyl (C=O) groups is 1. The second-order valence-electron chi connectivity index (χ2n) is 6.78. The lowest BCUT2D eigenvalue weighted by atomic mass is 10.1. The molecule has 0 radical (unpaired) electrons. The van der Waals surface area contributed by atoms with E-state index in [-0.39, 0.29) is 11.9 Å². The van der Waals surface area contributed by atoms with Crippen LogP contribution in [0.2, 0.25) is 0 Å². The zero-order valence-electron chi connectivity index (χ0n) is 15.1. The molecule has 0 N–H and O–H groups in total. The third kappa shape index (κ3) is 4.19. The Balaban J connectivity index is 1.37. The highest BCUT2D eigenvalue weighted by molar-refractivity contribution is 5.77. The van der Waals surface area contributed by atoms with Gasteiger partial charge in [-0.1, -0.05) is 30.3 Å². The Bertz CT molecular complexity index is 880. The van der Waals surface area contributed by atoms with Crippen molar-refractivity contribution in [2.45, 2.75) is 38.3 Å². The molecule has 1 aliphatic rings. The number of carbonyl (C=O) groups excluding carboxylic acids is 1. The van der Waals surface area contributed by atoms with Gasteiger partial charge in [-0.25, -0.2) is 0 Å². The highest BCUT2D eigenvalue weighted by Crippen LogP contribution is 2.20. The summed E-state index contributed by atoms with van der Waals surface area (Å²) in [5.41, 5.74) is 2.03. The van der Waals surface area contributed by atoms with Gasteiger partial charge in [-0.3, -0.25) is 9.78 Å². The highest BCUT2D eigenvalue weighted by Gasteiger charge is 2.29. The van der Waals surface area contributed by atoms with Gasteiger partial charge in [0.25, 0.3) is 0 Å². The fourth-order valence-electron chi connectivity index (χ4n) is 3.51. The van der Waals surface area contributed by atoms with E-state index in [0.29, 0.717) is 18.8 Å². The summed E-state index contributed by atoms with van der Waals surface area (Å²) >= 11 is 0. The molecule has 1 aliphatic heterocycles. The second-order valence-corrected chi connectivity index (χ2v) is 6.78. The van der Waals surface area contributed by atoms with E-state index in [4.69, 9.17) is 0 Å². The van der Waals surface area contributed by atoms with Crippen LogP contribution in [0.5, 0.6) is 0 Å². The van der Waals surface area contributed by atoms with Crippen LogP contribution in [0, 0.1) is 0 Å². The average Bonchev–Trinajstić information content (AvgIpc) is 3.38. The maximum Gasteiger partial charge on any atom is 0.223 e. The molecular weight excluding hydrogens is 340 g/mol. The number of nitrogens with zero attached hydrogens (tertiary/aromatic N) is 6. The van der Waals surface area contributed by atoms with Crippen molar-refractivity contribution in [2.75, 3.05) is 6.54 Å². The van der Waals surface area contributed by atoms with Gasteiger partial charge in [0.05, 0.1) is 12.6 Å². The Hall–Kier alpha value is -3.09. The predicted molar refractivity (Wildman–Crippen MR) is 101 cm³/mol. The van der Waals surface area contributed by atoms with Gasteiger partial charge in [0, 0.05) is 30.9 Å². The molecule has 1 aromatic carbocycles. The summed E-state index contributed by atoms with van der Waals surface area (Å²) in [7, 11) is 0. The summed E-state index contributed by atoms with van der Waals surface area (Å²) in [5.74, 6) is 0.761. The van der Waals surface area contributed by atoms with Crippen molar-refractivity contribution in [1.29, 1.82) is 0 Å². The molecule has 1 fully saturated rings. The van der Waals surface area contributed by atoms with E-state index in [1.807, 2.05) is 35.2 Å². The molecule has 2 aromatic heterocycles. The first-order valence-electron chi connectivity index (χ1n) is 9.31. The number of aryl methyl sites for hydroxylation is 1. The average molecular weight is 362 g/mol. The first kappa shape index (κ1) is 17.3. The molecule has 0 saturated carbocycles. The molecular formula is C20H22N6O. The maximum absolute atomic E-state index is 12.7. The summed E-state index contributed by atoms with van der Waals surface area (Å²) in [4.78, 5) is 20.4. The number of pyridine rings is 1. The van der Waals surface area contributed by atoms with Crippen molar-refractivity contribution in [3.8, 4) is 11.4 Å². The van der Waals surface area contributed by atoms with E-state index in [9.17, 15) is 4.79 Å². The van der Waals surface area contributed by atoms with Gasteiger partial charge in [0.2, 0.25) is 11.7 Å². The number of hydrogen-bond donors (Lipinski definition) is 0. The standard InChI is InChI=1S/C20H22N6O/c27-19(11-10-16-6-2-1-3-7-16)25-13-5-9-18(25)15-26-23-20(22-24-26)17-8-4-12-21-14-17/h1-4,6-8,12,14,18H,5,9-11,13,15H2/t18-/m0/s1. The van der Waals surface area contributed by atoms with E-state index >= 15 is 0 Å². The Morgan fingerprint density at radius 3 is 2.85 bits per heavy atom. The maximum atomic E-state index is 12.7. The van der Waals surface area contributed by atoms with Crippen LogP contribution in [0.1, 0.15) is 24.8 Å². The summed E-state index contributed by atoms with van der Waals surface area (Å²) < 4.78 is 0. The van der Waals surface area contributed by atoms with Crippen molar-refractivity contribution < 1.29 is 4.79 Å². The van der Waals surface area contributed by atoms with Gasteiger partial charge < -0.3 is 4.90 Å². The van der Waals surface area contributed by atoms with Crippen LogP contribution in [0.15, 0.2) is 54.9 Å². The van der Waals surface area contributed by atoms with Crippen LogP contribution in [-0.4, -0.2) is 48.6 Å². The van der Waals surface area contributed by atoms with E-state index in [1.165, 1.54) is 5.56 Å². The fraction of sp³-hybridized carbons (Fsp3) is 0.350. The number of rotatable bonds is 6. The first-order chi connectivity index (χ1) is 13.3. The molecule has 1 amide bonds. The summed E-state index contributed by atoms with van der Waals surface area (Å²) in [6.07, 6.45) is 6.73. The number of amides is 1. The van der Waals surface area contributed by atoms with Gasteiger partial charge in [0.1, 0.15) is 0 Å². The largest absolute Gasteiger partial charge is 0.338 e. The van der Waals surface area contributed by atoms with Crippen molar-refractivity contribution in [3.05, 3.63) is 60.4 Å². The third-order valence-corrected chi connectivity index (χ3v) is 4.91. The third-order valence-electron chi connectivity index (χ3n) is 4.91. The molecule has 3 heterocycles. The summed E-state index contributed by atoms with van der Waals surface area (Å²) in [5, 5.41) is 12.7. The fourth-order valence-corrected chi connectivity index (χ4v) is 3.51. The molecule has 7 nitrogen and oxygen atoms in total. The van der Waals surface area contributed by atoms with E-state index in [2.05, 4.69) is 32.5 Å². The molecule has 7 heteroatoms. The number of benzene rings is 1. The normalized spacial score (nSPS) is 16.6. The molecule has 138 valence electrons. The predicted octanol–water partition coefficient (Wildman–Crippen LogP) is 2.36. The van der Waals surface area contributed by atoms with Crippen LogP contribution in [0.25, 0.3) is 11.4 Å². The minimum absolute atomic E-state index is 0.129. The Morgan fingerprint density at radius 2 is 2.04 bits per heavy atom. The molecule has 1 saturated heterocycles. The van der Waals surface area contributed by atoms with Crippen LogP contribution in [0.3, 0.4) is 0 Å². The Labute approximate surface area is 158 Å². The Kier molecular flexibility index (Phi) is 5.18. The topological polar surface area (TPSA) is 76.8 Å². The van der Waals surface area contributed by atoms with Crippen molar-refractivity contribution in [1.82, 2.24) is 30.1 Å². The van der Waals surface area contributed by atoms with E-state index in [1.54, 1.807) is 17.2 Å². The molecule has 27 heavy (non-hydrogen) atoms. The first-order valence-corrected chi connectivity index (χ1v) is 9.31. The minimum atomic E-state index is 0.129. The molecule has 0 aliphatic carbocycles. The lowest BCUT2D eigenvalue weighted by Gasteiger charge is -2.24. The zero-order chi connectivity index (χ0) is 18.5. The number of aromatic nitrogens is 5. The SMILES string of the molecule is O=C(CCc1ccccc1)N1CCC[C@H]1Cn1nnc(-c2cccnc2)n1. The molecule has 0 unspecified atom stereocenters. The smallest absolute Gasteiger partial charge is 0.223 e. The van der Waals surface area contributed by atoms with Gasteiger partial charge >= 0.3 is 0 Å². The van der Waals surface area contributed by atoms with E-state index < -0.39 is 0 Å². The van der Waals surface area contributed by atoms with Crippen LogP contribution >= 0.6 is 0 Å².